The maximum Gasteiger partial charge on any atom is 0.328 e. The van der Waals surface area contributed by atoms with Gasteiger partial charge in [-0.05, 0) is 68.9 Å². The Bertz CT molecular complexity index is 1310. The Morgan fingerprint density at radius 3 is 2.17 bits per heavy atom. The molecule has 1 N–H and O–H groups in total. The van der Waals surface area contributed by atoms with Crippen LogP contribution in [0.2, 0.25) is 0 Å². The molecule has 0 bridgehead atoms. The maximum atomic E-state index is 13.6. The summed E-state index contributed by atoms with van der Waals surface area (Å²) in [6.07, 6.45) is 2.58. The molecule has 1 atom stereocenters. The number of hydrogen-bond acceptors (Lipinski definition) is 6. The Morgan fingerprint density at radius 1 is 0.950 bits per heavy atom. The average molecular weight is 548 g/mol. The molecule has 0 aliphatic carbocycles. The van der Waals surface area contributed by atoms with E-state index in [0.717, 1.165) is 23.3 Å². The van der Waals surface area contributed by atoms with E-state index in [1.807, 2.05) is 13.8 Å². The summed E-state index contributed by atoms with van der Waals surface area (Å²) >= 11 is 0. The monoisotopic (exact) mass is 547 g/mol. The molecule has 2 aliphatic heterocycles. The van der Waals surface area contributed by atoms with E-state index in [1.54, 1.807) is 61.2 Å². The van der Waals surface area contributed by atoms with Gasteiger partial charge in [0.25, 0.3) is 11.8 Å². The highest BCUT2D eigenvalue weighted by Gasteiger charge is 2.46. The van der Waals surface area contributed by atoms with Crippen LogP contribution < -0.4 is 10.2 Å². The van der Waals surface area contributed by atoms with Crippen molar-refractivity contribution in [3.63, 3.8) is 0 Å². The summed E-state index contributed by atoms with van der Waals surface area (Å²) in [6, 6.07) is 10.9. The molecule has 1 saturated heterocycles. The zero-order chi connectivity index (χ0) is 29.0. The van der Waals surface area contributed by atoms with Crippen molar-refractivity contribution in [1.29, 1.82) is 0 Å². The lowest BCUT2D eigenvalue weighted by Crippen LogP contribution is -2.55. The van der Waals surface area contributed by atoms with E-state index in [0.29, 0.717) is 48.3 Å². The molecule has 2 aliphatic rings. The van der Waals surface area contributed by atoms with E-state index < -0.39 is 23.3 Å². The highest BCUT2D eigenvalue weighted by atomic mass is 16.5. The van der Waals surface area contributed by atoms with Gasteiger partial charge in [0.05, 0.1) is 23.4 Å². The molecule has 0 unspecified atom stereocenters. The second kappa shape index (κ2) is 12.0. The van der Waals surface area contributed by atoms with E-state index in [-0.39, 0.29) is 30.7 Å². The lowest BCUT2D eigenvalue weighted by Gasteiger charge is -2.34. The number of nitrogens with zero attached hydrogens (tertiary/aromatic N) is 2. The predicted molar refractivity (Wildman–Crippen MR) is 150 cm³/mol. The molecule has 9 heteroatoms. The van der Waals surface area contributed by atoms with Gasteiger partial charge in [0.15, 0.2) is 0 Å². The first kappa shape index (κ1) is 29.0. The fourth-order valence-corrected chi connectivity index (χ4v) is 5.63. The number of nitrogens with one attached hydrogen (secondary N) is 1. The zero-order valence-corrected chi connectivity index (χ0v) is 23.6. The van der Waals surface area contributed by atoms with Crippen LogP contribution in [0.25, 0.3) is 0 Å². The molecule has 2 heterocycles. The molecule has 0 aromatic heterocycles. The molecule has 0 saturated carbocycles. The SMILES string of the molecule is CCOC(=O)[C@H](Cc1ccc(N2C(=O)c3cccc(C)c3C2=O)cc1)NC(=O)C(CC)(CC)C(=O)N1CCCC1. The van der Waals surface area contributed by atoms with Crippen LogP contribution in [0.3, 0.4) is 0 Å². The van der Waals surface area contributed by atoms with E-state index in [4.69, 9.17) is 4.74 Å². The first-order chi connectivity index (χ1) is 19.2. The third-order valence-electron chi connectivity index (χ3n) is 8.08. The highest BCUT2D eigenvalue weighted by Crippen LogP contribution is 2.32. The summed E-state index contributed by atoms with van der Waals surface area (Å²) in [4.78, 5) is 68.8. The van der Waals surface area contributed by atoms with Gasteiger partial charge >= 0.3 is 5.97 Å². The number of imide groups is 1. The van der Waals surface area contributed by atoms with Crippen LogP contribution in [0.5, 0.6) is 0 Å². The fourth-order valence-electron chi connectivity index (χ4n) is 5.63. The number of ether oxygens (including phenoxy) is 1. The summed E-state index contributed by atoms with van der Waals surface area (Å²) in [6.45, 7) is 8.52. The standard InChI is InChI=1S/C31H37N3O6/c1-5-31(6-2,30(39)33-17-8-9-18-33)29(38)32-24(28(37)40-7-3)19-21-13-15-22(16-14-21)34-26(35)23-12-10-11-20(4)25(23)27(34)36/h10-16,24H,5-9,17-19H2,1-4H3,(H,32,38)/t24-/m0/s1. The van der Waals surface area contributed by atoms with Gasteiger partial charge in [-0.25, -0.2) is 9.69 Å². The van der Waals surface area contributed by atoms with E-state index in [1.165, 1.54) is 0 Å². The van der Waals surface area contributed by atoms with Gasteiger partial charge in [0.1, 0.15) is 11.5 Å². The van der Waals surface area contributed by atoms with Crippen LogP contribution in [0, 0.1) is 12.3 Å². The Hall–Kier alpha value is -4.01. The number of rotatable bonds is 10. The fraction of sp³-hybridized carbons (Fsp3) is 0.452. The Kier molecular flexibility index (Phi) is 8.71. The minimum Gasteiger partial charge on any atom is -0.464 e. The van der Waals surface area contributed by atoms with Crippen molar-refractivity contribution >= 4 is 35.3 Å². The summed E-state index contributed by atoms with van der Waals surface area (Å²) < 4.78 is 5.25. The van der Waals surface area contributed by atoms with Crippen molar-refractivity contribution in [3.8, 4) is 0 Å². The molecular weight excluding hydrogens is 510 g/mol. The third-order valence-corrected chi connectivity index (χ3v) is 8.08. The number of benzene rings is 2. The van der Waals surface area contributed by atoms with Gasteiger partial charge in [-0.1, -0.05) is 38.1 Å². The number of aryl methyl sites for hydroxylation is 1. The highest BCUT2D eigenvalue weighted by molar-refractivity contribution is 6.34. The first-order valence-electron chi connectivity index (χ1n) is 14.0. The predicted octanol–water partition coefficient (Wildman–Crippen LogP) is 3.81. The maximum absolute atomic E-state index is 13.6. The van der Waals surface area contributed by atoms with Crippen LogP contribution in [0.1, 0.15) is 78.3 Å². The summed E-state index contributed by atoms with van der Waals surface area (Å²) in [5.41, 5.74) is 1.36. The minimum atomic E-state index is -1.26. The third kappa shape index (κ3) is 5.24. The molecule has 40 heavy (non-hydrogen) atoms. The van der Waals surface area contributed by atoms with Crippen LogP contribution >= 0.6 is 0 Å². The van der Waals surface area contributed by atoms with Gasteiger partial charge in [0.2, 0.25) is 11.8 Å². The molecule has 1 fully saturated rings. The molecule has 0 spiro atoms. The summed E-state index contributed by atoms with van der Waals surface area (Å²) in [7, 11) is 0. The van der Waals surface area contributed by atoms with Crippen molar-refractivity contribution < 1.29 is 28.7 Å². The number of anilines is 1. The second-order valence-corrected chi connectivity index (χ2v) is 10.4. The lowest BCUT2D eigenvalue weighted by molar-refractivity contribution is -0.155. The quantitative estimate of drug-likeness (QED) is 0.275. The number of amides is 4. The first-order valence-corrected chi connectivity index (χ1v) is 14.0. The van der Waals surface area contributed by atoms with Crippen molar-refractivity contribution in [3.05, 3.63) is 64.7 Å². The van der Waals surface area contributed by atoms with Gasteiger partial charge in [-0.15, -0.1) is 0 Å². The average Bonchev–Trinajstić information content (AvgIpc) is 3.57. The van der Waals surface area contributed by atoms with Gasteiger partial charge in [-0.3, -0.25) is 19.2 Å². The van der Waals surface area contributed by atoms with Gasteiger partial charge < -0.3 is 15.0 Å². The van der Waals surface area contributed by atoms with E-state index in [2.05, 4.69) is 5.32 Å². The smallest absolute Gasteiger partial charge is 0.328 e. The van der Waals surface area contributed by atoms with E-state index in [9.17, 15) is 24.0 Å². The topological polar surface area (TPSA) is 113 Å². The van der Waals surface area contributed by atoms with Crippen LogP contribution in [-0.4, -0.2) is 60.2 Å². The lowest BCUT2D eigenvalue weighted by atomic mass is 9.79. The van der Waals surface area contributed by atoms with Crippen molar-refractivity contribution in [2.45, 2.75) is 65.8 Å². The molecule has 2 aromatic carbocycles. The van der Waals surface area contributed by atoms with Crippen LogP contribution in [0.4, 0.5) is 5.69 Å². The van der Waals surface area contributed by atoms with E-state index >= 15 is 0 Å². The number of carbonyl (C=O) groups excluding carboxylic acids is 5. The Labute approximate surface area is 234 Å². The normalized spacial score (nSPS) is 15.7. The molecule has 212 valence electrons. The number of hydrogen-bond donors (Lipinski definition) is 1. The van der Waals surface area contributed by atoms with Crippen molar-refractivity contribution in [2.24, 2.45) is 5.41 Å². The minimum absolute atomic E-state index is 0.119. The largest absolute Gasteiger partial charge is 0.464 e. The van der Waals surface area contributed by atoms with Gasteiger partial charge in [-0.2, -0.15) is 0 Å². The zero-order valence-electron chi connectivity index (χ0n) is 23.6. The van der Waals surface area contributed by atoms with Gasteiger partial charge in [0, 0.05) is 19.5 Å². The van der Waals surface area contributed by atoms with Crippen molar-refractivity contribution in [2.75, 3.05) is 24.6 Å². The number of likely N-dealkylation sites (tertiary alicyclic amines) is 1. The Balaban J connectivity index is 1.54. The second-order valence-electron chi connectivity index (χ2n) is 10.4. The molecule has 4 amide bonds. The van der Waals surface area contributed by atoms with Crippen LogP contribution in [0.15, 0.2) is 42.5 Å². The van der Waals surface area contributed by atoms with Crippen molar-refractivity contribution in [1.82, 2.24) is 10.2 Å². The summed E-state index contributed by atoms with van der Waals surface area (Å²) in [5, 5.41) is 2.82. The molecule has 4 rings (SSSR count). The Morgan fingerprint density at radius 2 is 1.60 bits per heavy atom. The molecule has 0 radical (unpaired) electrons. The molecule has 2 aromatic rings. The summed E-state index contributed by atoms with van der Waals surface area (Å²) in [5.74, 6) is -2.03. The van der Waals surface area contributed by atoms with Crippen LogP contribution in [-0.2, 0) is 25.5 Å². The molecule has 9 nitrogen and oxygen atoms in total. The number of esters is 1. The molecular formula is C31H37N3O6. The number of fused-ring (bicyclic) bond motifs is 1. The number of carbonyl (C=O) groups is 5.